The lowest BCUT2D eigenvalue weighted by Gasteiger charge is -2.16. The van der Waals surface area contributed by atoms with Gasteiger partial charge in [0, 0.05) is 6.04 Å². The summed E-state index contributed by atoms with van der Waals surface area (Å²) in [6.45, 7) is 3.82. The summed E-state index contributed by atoms with van der Waals surface area (Å²) in [5, 5.41) is 5.36. The highest BCUT2D eigenvalue weighted by Gasteiger charge is 2.26. The lowest BCUT2D eigenvalue weighted by Crippen LogP contribution is -2.19. The number of aryl methyl sites for hydroxylation is 1. The van der Waals surface area contributed by atoms with Gasteiger partial charge in [-0.05, 0) is 44.2 Å². The van der Waals surface area contributed by atoms with Crippen molar-refractivity contribution in [3.05, 3.63) is 33.8 Å². The summed E-state index contributed by atoms with van der Waals surface area (Å²) in [5.74, 6) is -0.586. The van der Waals surface area contributed by atoms with Crippen molar-refractivity contribution in [1.82, 2.24) is 9.55 Å². The van der Waals surface area contributed by atoms with E-state index in [-0.39, 0.29) is 5.91 Å². The number of esters is 1. The molecule has 0 atom stereocenters. The molecule has 0 saturated heterocycles. The van der Waals surface area contributed by atoms with Crippen LogP contribution in [0.1, 0.15) is 64.5 Å². The number of thiophene rings is 1. The van der Waals surface area contributed by atoms with E-state index >= 15 is 0 Å². The number of hydrogen-bond acceptors (Lipinski definition) is 6. The molecule has 8 heteroatoms. The molecule has 3 heterocycles. The van der Waals surface area contributed by atoms with Gasteiger partial charge in [0.05, 0.1) is 22.5 Å². The van der Waals surface area contributed by atoms with Crippen molar-refractivity contribution in [2.45, 2.75) is 45.6 Å². The van der Waals surface area contributed by atoms with Gasteiger partial charge in [-0.3, -0.25) is 10.1 Å². The van der Waals surface area contributed by atoms with Crippen LogP contribution in [-0.4, -0.2) is 28.0 Å². The average molecular weight is 404 g/mol. The molecule has 1 aliphatic carbocycles. The van der Waals surface area contributed by atoms with Gasteiger partial charge in [0.1, 0.15) is 10.6 Å². The molecule has 142 valence electrons. The summed E-state index contributed by atoms with van der Waals surface area (Å²) in [7, 11) is 0. The highest BCUT2D eigenvalue weighted by molar-refractivity contribution is 7.18. The Balaban J connectivity index is 1.62. The quantitative estimate of drug-likeness (QED) is 0.608. The molecule has 0 spiro atoms. The molecule has 0 aromatic carbocycles. The molecule has 0 radical (unpaired) electrons. The van der Waals surface area contributed by atoms with Crippen LogP contribution in [0.5, 0.6) is 0 Å². The second-order valence-electron chi connectivity index (χ2n) is 6.62. The Morgan fingerprint density at radius 2 is 2.15 bits per heavy atom. The van der Waals surface area contributed by atoms with Crippen LogP contribution in [0, 0.1) is 6.92 Å². The minimum atomic E-state index is -0.400. The number of aromatic nitrogens is 2. The Kier molecular flexibility index (Phi) is 5.01. The smallest absolute Gasteiger partial charge is 0.350 e. The number of nitrogens with one attached hydrogen (secondary N) is 1. The van der Waals surface area contributed by atoms with Crippen LogP contribution in [-0.2, 0) is 4.74 Å². The second-order valence-corrected chi connectivity index (χ2v) is 8.56. The van der Waals surface area contributed by atoms with Crippen LogP contribution < -0.4 is 5.32 Å². The number of nitrogens with zero attached hydrogens (tertiary/aromatic N) is 2. The van der Waals surface area contributed by atoms with Crippen molar-refractivity contribution < 1.29 is 14.3 Å². The first-order chi connectivity index (χ1) is 13.1. The normalized spacial score (nSPS) is 14.7. The molecule has 3 aromatic heterocycles. The molecule has 0 aliphatic heterocycles. The summed E-state index contributed by atoms with van der Waals surface area (Å²) in [6, 6.07) is 4.41. The maximum Gasteiger partial charge on any atom is 0.350 e. The van der Waals surface area contributed by atoms with E-state index in [4.69, 9.17) is 4.74 Å². The third kappa shape index (κ3) is 3.39. The van der Waals surface area contributed by atoms with Gasteiger partial charge in [0.2, 0.25) is 0 Å². The third-order valence-electron chi connectivity index (χ3n) is 4.86. The van der Waals surface area contributed by atoms with Crippen LogP contribution in [0.4, 0.5) is 5.13 Å². The molecule has 0 bridgehead atoms. The number of thiazole rings is 1. The third-order valence-corrected chi connectivity index (χ3v) is 6.77. The first-order valence-electron chi connectivity index (χ1n) is 9.12. The number of carbonyl (C=O) groups excluding carboxylic acids is 2. The predicted octanol–water partition coefficient (Wildman–Crippen LogP) is 5.01. The number of carbonyl (C=O) groups is 2. The molecule has 0 unspecified atom stereocenters. The number of amides is 1. The van der Waals surface area contributed by atoms with E-state index in [0.717, 1.165) is 34.4 Å². The van der Waals surface area contributed by atoms with Crippen LogP contribution >= 0.6 is 22.7 Å². The molecular formula is C19H21N3O3S2. The monoisotopic (exact) mass is 403 g/mol. The molecule has 1 amide bonds. The molecule has 1 saturated carbocycles. The van der Waals surface area contributed by atoms with Crippen molar-refractivity contribution >= 4 is 49.9 Å². The standard InChI is InChI=1S/C19H21N3O3S2/c1-3-25-18(24)16-11(2)20-19(27-16)21-17(23)14-10-15-13(8-9-26-15)22(14)12-6-4-5-7-12/h8-10,12H,3-7H2,1-2H3,(H,20,21,23). The SMILES string of the molecule is CCOC(=O)c1sc(NC(=O)c2cc3sccc3n2C2CCCC2)nc1C. The topological polar surface area (TPSA) is 73.2 Å². The number of ether oxygens (including phenoxy) is 1. The molecular weight excluding hydrogens is 382 g/mol. The van der Waals surface area contributed by atoms with E-state index in [2.05, 4.69) is 26.3 Å². The van der Waals surface area contributed by atoms with E-state index < -0.39 is 5.97 Å². The van der Waals surface area contributed by atoms with Gasteiger partial charge in [-0.25, -0.2) is 9.78 Å². The Hall–Kier alpha value is -2.19. The Labute approximate surface area is 165 Å². The predicted molar refractivity (Wildman–Crippen MR) is 108 cm³/mol. The Morgan fingerprint density at radius 3 is 2.89 bits per heavy atom. The lowest BCUT2D eigenvalue weighted by molar-refractivity contribution is 0.0531. The molecule has 3 aromatic rings. The Morgan fingerprint density at radius 1 is 1.37 bits per heavy atom. The summed E-state index contributed by atoms with van der Waals surface area (Å²) < 4.78 is 8.35. The molecule has 1 aliphatic rings. The van der Waals surface area contributed by atoms with Gasteiger partial charge < -0.3 is 9.30 Å². The minimum absolute atomic E-state index is 0.186. The van der Waals surface area contributed by atoms with Gasteiger partial charge in [-0.1, -0.05) is 24.2 Å². The summed E-state index contributed by atoms with van der Waals surface area (Å²) in [5.41, 5.74) is 2.36. The summed E-state index contributed by atoms with van der Waals surface area (Å²) in [4.78, 5) is 29.7. The van der Waals surface area contributed by atoms with Gasteiger partial charge in [0.15, 0.2) is 5.13 Å². The van der Waals surface area contributed by atoms with Crippen LogP contribution in [0.15, 0.2) is 17.5 Å². The average Bonchev–Trinajstić information content (AvgIpc) is 3.38. The first kappa shape index (κ1) is 18.2. The van der Waals surface area contributed by atoms with Gasteiger partial charge in [-0.2, -0.15) is 0 Å². The highest BCUT2D eigenvalue weighted by Crippen LogP contribution is 2.37. The van der Waals surface area contributed by atoms with Crippen molar-refractivity contribution in [3.63, 3.8) is 0 Å². The maximum absolute atomic E-state index is 13.0. The fraction of sp³-hybridized carbons (Fsp3) is 0.421. The number of rotatable bonds is 5. The van der Waals surface area contributed by atoms with Crippen molar-refractivity contribution in [2.24, 2.45) is 0 Å². The second kappa shape index (κ2) is 7.44. The molecule has 6 nitrogen and oxygen atoms in total. The van der Waals surface area contributed by atoms with Crippen LogP contribution in [0.2, 0.25) is 0 Å². The summed E-state index contributed by atoms with van der Waals surface area (Å²) >= 11 is 2.80. The fourth-order valence-electron chi connectivity index (χ4n) is 3.67. The largest absolute Gasteiger partial charge is 0.462 e. The number of fused-ring (bicyclic) bond motifs is 1. The maximum atomic E-state index is 13.0. The molecule has 27 heavy (non-hydrogen) atoms. The lowest BCUT2D eigenvalue weighted by atomic mass is 10.2. The molecule has 1 fully saturated rings. The molecule has 4 rings (SSSR count). The van der Waals surface area contributed by atoms with E-state index in [1.165, 1.54) is 12.8 Å². The number of anilines is 1. The zero-order chi connectivity index (χ0) is 19.0. The number of hydrogen-bond donors (Lipinski definition) is 1. The van der Waals surface area contributed by atoms with E-state index in [1.54, 1.807) is 25.2 Å². The van der Waals surface area contributed by atoms with Crippen LogP contribution in [0.3, 0.4) is 0 Å². The van der Waals surface area contributed by atoms with Crippen molar-refractivity contribution in [3.8, 4) is 0 Å². The van der Waals surface area contributed by atoms with Gasteiger partial charge >= 0.3 is 5.97 Å². The minimum Gasteiger partial charge on any atom is -0.462 e. The van der Waals surface area contributed by atoms with Crippen molar-refractivity contribution in [2.75, 3.05) is 11.9 Å². The van der Waals surface area contributed by atoms with E-state index in [9.17, 15) is 9.59 Å². The highest BCUT2D eigenvalue weighted by atomic mass is 32.1. The van der Waals surface area contributed by atoms with Crippen LogP contribution in [0.25, 0.3) is 10.2 Å². The van der Waals surface area contributed by atoms with Crippen molar-refractivity contribution in [1.29, 1.82) is 0 Å². The fourth-order valence-corrected chi connectivity index (χ4v) is 5.34. The summed E-state index contributed by atoms with van der Waals surface area (Å²) in [6.07, 6.45) is 4.60. The Bertz CT molecular complexity index is 995. The van der Waals surface area contributed by atoms with Gasteiger partial charge in [-0.15, -0.1) is 11.3 Å². The zero-order valence-corrected chi connectivity index (χ0v) is 16.9. The zero-order valence-electron chi connectivity index (χ0n) is 15.3. The van der Waals surface area contributed by atoms with E-state index in [1.807, 2.05) is 6.07 Å². The molecule has 1 N–H and O–H groups in total. The van der Waals surface area contributed by atoms with Gasteiger partial charge in [0.25, 0.3) is 5.91 Å². The first-order valence-corrected chi connectivity index (χ1v) is 10.8. The van der Waals surface area contributed by atoms with E-state index in [0.29, 0.717) is 34.0 Å².